The predicted molar refractivity (Wildman–Crippen MR) is 167 cm³/mol. The molecule has 1 aromatic rings. The van der Waals surface area contributed by atoms with Gasteiger partial charge in [0.05, 0.1) is 36.7 Å². The van der Waals surface area contributed by atoms with Crippen molar-refractivity contribution in [3.8, 4) is 5.75 Å². The van der Waals surface area contributed by atoms with Crippen LogP contribution in [0, 0.1) is 17.8 Å². The van der Waals surface area contributed by atoms with Crippen molar-refractivity contribution in [1.29, 1.82) is 0 Å². The van der Waals surface area contributed by atoms with Crippen LogP contribution in [0.1, 0.15) is 61.3 Å². The number of hydrogen-bond acceptors (Lipinski definition) is 6. The fourth-order valence-corrected chi connectivity index (χ4v) is 7.62. The maximum absolute atomic E-state index is 14.7. The number of benzene rings is 1. The number of anilines is 1. The molecule has 0 aromatic heterocycles. The number of aliphatic hydroxyl groups excluding tert-OH is 1. The van der Waals surface area contributed by atoms with Crippen LogP contribution in [-0.2, 0) is 19.1 Å². The molecule has 7 atom stereocenters. The molecule has 3 aliphatic heterocycles. The van der Waals surface area contributed by atoms with Gasteiger partial charge in [-0.05, 0) is 77.6 Å². The first-order valence-corrected chi connectivity index (χ1v) is 15.5. The lowest BCUT2D eigenvalue weighted by atomic mass is 9.62. The van der Waals surface area contributed by atoms with Crippen molar-refractivity contribution in [1.82, 2.24) is 9.80 Å². The molecule has 0 radical (unpaired) electrons. The first-order valence-electron chi connectivity index (χ1n) is 15.5. The average molecular weight is 596 g/mol. The molecule has 2 bridgehead atoms. The third-order valence-corrected chi connectivity index (χ3v) is 9.75. The Balaban J connectivity index is 1.85. The van der Waals surface area contributed by atoms with Crippen molar-refractivity contribution in [3.05, 3.63) is 49.6 Å². The molecule has 0 aliphatic carbocycles. The van der Waals surface area contributed by atoms with E-state index >= 15 is 0 Å². The van der Waals surface area contributed by atoms with Crippen molar-refractivity contribution < 1.29 is 29.0 Å². The van der Waals surface area contributed by atoms with E-state index in [0.717, 1.165) is 0 Å². The van der Waals surface area contributed by atoms with Crippen LogP contribution in [0.4, 0.5) is 5.69 Å². The van der Waals surface area contributed by atoms with E-state index in [2.05, 4.69) is 13.2 Å². The summed E-state index contributed by atoms with van der Waals surface area (Å²) >= 11 is 0. The number of carbonyl (C=O) groups is 3. The Morgan fingerprint density at radius 1 is 1.16 bits per heavy atom. The highest BCUT2D eigenvalue weighted by Gasteiger charge is 2.80. The van der Waals surface area contributed by atoms with E-state index in [1.165, 1.54) is 0 Å². The van der Waals surface area contributed by atoms with E-state index in [1.807, 2.05) is 72.7 Å². The molecule has 3 amide bonds. The molecular weight excluding hydrogens is 546 g/mol. The van der Waals surface area contributed by atoms with E-state index < -0.39 is 40.7 Å². The zero-order valence-electron chi connectivity index (χ0n) is 26.8. The quantitative estimate of drug-likeness (QED) is 0.364. The second-order valence-electron chi connectivity index (χ2n) is 13.3. The molecule has 3 aliphatic rings. The fourth-order valence-electron chi connectivity index (χ4n) is 7.62. The van der Waals surface area contributed by atoms with Gasteiger partial charge in [-0.1, -0.05) is 26.0 Å². The van der Waals surface area contributed by atoms with Crippen LogP contribution in [0.3, 0.4) is 0 Å². The lowest BCUT2D eigenvalue weighted by molar-refractivity contribution is -0.158. The predicted octanol–water partition coefficient (Wildman–Crippen LogP) is 4.20. The van der Waals surface area contributed by atoms with Crippen molar-refractivity contribution >= 4 is 23.4 Å². The number of rotatable bonds is 12. The summed E-state index contributed by atoms with van der Waals surface area (Å²) in [5.41, 5.74) is -2.10. The van der Waals surface area contributed by atoms with Gasteiger partial charge in [-0.25, -0.2) is 0 Å². The molecule has 236 valence electrons. The summed E-state index contributed by atoms with van der Waals surface area (Å²) < 4.78 is 12.5. The van der Waals surface area contributed by atoms with Crippen LogP contribution in [-0.4, -0.2) is 87.8 Å². The lowest BCUT2D eigenvalue weighted by Gasteiger charge is -2.43. The summed E-state index contributed by atoms with van der Waals surface area (Å²) in [6.45, 7) is 22.1. The summed E-state index contributed by atoms with van der Waals surface area (Å²) in [6, 6.07) is 5.71. The number of nitrogens with zero attached hydrogens (tertiary/aromatic N) is 3. The van der Waals surface area contributed by atoms with Gasteiger partial charge in [0, 0.05) is 24.3 Å². The monoisotopic (exact) mass is 595 g/mol. The molecule has 3 heterocycles. The zero-order chi connectivity index (χ0) is 31.9. The van der Waals surface area contributed by atoms with Gasteiger partial charge in [-0.15, -0.1) is 13.2 Å². The molecule has 1 spiro atoms. The Morgan fingerprint density at radius 3 is 2.30 bits per heavy atom. The third-order valence-electron chi connectivity index (χ3n) is 9.75. The Morgan fingerprint density at radius 2 is 1.79 bits per heavy atom. The first-order chi connectivity index (χ1) is 20.3. The van der Waals surface area contributed by atoms with Crippen molar-refractivity contribution in [2.75, 3.05) is 31.2 Å². The highest BCUT2D eigenvalue weighted by Crippen LogP contribution is 2.66. The minimum Gasteiger partial charge on any atom is -0.494 e. The number of likely N-dealkylation sites (tertiary alicyclic amines) is 1. The standard InChI is InChI=1S/C34H49N3O6/c1-10-18-35(24-14-16-25(17-15-24)42-13-4)29(39)26-27-30(40)37(23(12-3)21-38)28(31(41)36(19-11-2)32(6,7)8)34(27)20-22(5)33(26,9)43-34/h10-11,14-17,22-23,26-28,38H,1-2,12-13,18-21H2,3-9H3/t22?,23-,26+,27-,28?,33-,34?/m0/s1. The van der Waals surface area contributed by atoms with Gasteiger partial charge in [0.2, 0.25) is 17.7 Å². The Hall–Kier alpha value is -3.17. The molecule has 1 N–H and O–H groups in total. The second-order valence-corrected chi connectivity index (χ2v) is 13.3. The molecule has 3 saturated heterocycles. The van der Waals surface area contributed by atoms with Crippen LogP contribution in [0.5, 0.6) is 5.75 Å². The van der Waals surface area contributed by atoms with Crippen molar-refractivity contribution in [2.24, 2.45) is 17.8 Å². The summed E-state index contributed by atoms with van der Waals surface area (Å²) in [6.07, 6.45) is 4.24. The van der Waals surface area contributed by atoms with Crippen LogP contribution in [0.25, 0.3) is 0 Å². The number of carbonyl (C=O) groups excluding carboxylic acids is 3. The van der Waals surface area contributed by atoms with Gasteiger partial charge in [-0.3, -0.25) is 14.4 Å². The van der Waals surface area contributed by atoms with Crippen LogP contribution >= 0.6 is 0 Å². The van der Waals surface area contributed by atoms with Crippen molar-refractivity contribution in [3.63, 3.8) is 0 Å². The van der Waals surface area contributed by atoms with E-state index in [9.17, 15) is 19.5 Å². The summed E-state index contributed by atoms with van der Waals surface area (Å²) in [5.74, 6) is -1.95. The van der Waals surface area contributed by atoms with Gasteiger partial charge in [-0.2, -0.15) is 0 Å². The highest BCUT2D eigenvalue weighted by molar-refractivity contribution is 6.03. The van der Waals surface area contributed by atoms with Crippen LogP contribution in [0.15, 0.2) is 49.6 Å². The first kappa shape index (κ1) is 32.7. The Bertz CT molecular complexity index is 1240. The second kappa shape index (κ2) is 12.1. The van der Waals surface area contributed by atoms with Crippen LogP contribution in [0.2, 0.25) is 0 Å². The van der Waals surface area contributed by atoms with Gasteiger partial charge >= 0.3 is 0 Å². The summed E-state index contributed by atoms with van der Waals surface area (Å²) in [7, 11) is 0. The van der Waals surface area contributed by atoms with E-state index in [1.54, 1.807) is 26.9 Å². The van der Waals surface area contributed by atoms with Gasteiger partial charge in [0.15, 0.2) is 0 Å². The van der Waals surface area contributed by atoms with Crippen LogP contribution < -0.4 is 9.64 Å². The molecule has 9 heteroatoms. The molecule has 3 fully saturated rings. The van der Waals surface area contributed by atoms with Gasteiger partial charge in [0.25, 0.3) is 0 Å². The molecule has 43 heavy (non-hydrogen) atoms. The molecule has 0 saturated carbocycles. The average Bonchev–Trinajstić information content (AvgIpc) is 3.47. The third kappa shape index (κ3) is 5.18. The number of aliphatic hydroxyl groups is 1. The molecule has 4 rings (SSSR count). The summed E-state index contributed by atoms with van der Waals surface area (Å²) in [5, 5.41) is 10.4. The van der Waals surface area contributed by atoms with E-state index in [4.69, 9.17) is 9.47 Å². The minimum atomic E-state index is -1.21. The molecule has 9 nitrogen and oxygen atoms in total. The highest BCUT2D eigenvalue weighted by atomic mass is 16.5. The molecular formula is C34H49N3O6. The number of ether oxygens (including phenoxy) is 2. The number of fused-ring (bicyclic) bond motifs is 1. The summed E-state index contributed by atoms with van der Waals surface area (Å²) in [4.78, 5) is 48.8. The SMILES string of the molecule is C=CCN(C(=O)[C@H]1[C@H]2C(=O)N([C@@H](CC)CO)C(C(=O)N(CC=C)C(C)(C)C)C23CC(C)[C@]1(C)O3)c1ccc(OCC)cc1. The fraction of sp³-hybridized carbons (Fsp3) is 0.618. The van der Waals surface area contributed by atoms with E-state index in [-0.39, 0.29) is 43.3 Å². The Labute approximate surface area is 256 Å². The van der Waals surface area contributed by atoms with E-state index in [0.29, 0.717) is 30.9 Å². The topological polar surface area (TPSA) is 99.6 Å². The Kier molecular flexibility index (Phi) is 9.20. The number of hydrogen-bond donors (Lipinski definition) is 1. The van der Waals surface area contributed by atoms with Gasteiger partial charge < -0.3 is 29.3 Å². The smallest absolute Gasteiger partial charge is 0.249 e. The van der Waals surface area contributed by atoms with Gasteiger partial charge in [0.1, 0.15) is 17.4 Å². The number of amides is 3. The zero-order valence-corrected chi connectivity index (χ0v) is 26.8. The maximum atomic E-state index is 14.7. The minimum absolute atomic E-state index is 0.108. The normalized spacial score (nSPS) is 30.1. The lowest BCUT2D eigenvalue weighted by Crippen LogP contribution is -2.61. The molecule has 3 unspecified atom stereocenters. The van der Waals surface area contributed by atoms with Crippen molar-refractivity contribution in [2.45, 2.75) is 90.1 Å². The maximum Gasteiger partial charge on any atom is 0.249 e. The molecule has 1 aromatic carbocycles. The largest absolute Gasteiger partial charge is 0.494 e.